The van der Waals surface area contributed by atoms with Crippen LogP contribution in [-0.2, 0) is 16.0 Å². The zero-order valence-electron chi connectivity index (χ0n) is 12.2. The fourth-order valence-corrected chi connectivity index (χ4v) is 2.29. The molecule has 5 heteroatoms. The number of amides is 1. The number of hydrogen-bond donors (Lipinski definition) is 2. The minimum Gasteiger partial charge on any atom is -0.480 e. The zero-order valence-corrected chi connectivity index (χ0v) is 12.2. The van der Waals surface area contributed by atoms with Crippen molar-refractivity contribution in [2.24, 2.45) is 0 Å². The van der Waals surface area contributed by atoms with Gasteiger partial charge in [0.1, 0.15) is 11.6 Å². The Bertz CT molecular complexity index is 659. The van der Waals surface area contributed by atoms with E-state index in [2.05, 4.69) is 5.32 Å². The summed E-state index contributed by atoms with van der Waals surface area (Å²) < 4.78 is 5.43. The van der Waals surface area contributed by atoms with Crippen molar-refractivity contribution in [3.8, 4) is 0 Å². The Hall–Kier alpha value is -2.30. The highest BCUT2D eigenvalue weighted by Crippen LogP contribution is 2.22. The standard InChI is InChI=1S/C16H19NO4/c1-3-4-13(16(19)20)17-15(18)8-11-9-21-14-7-10(2)5-6-12(11)14/h5-7,9,13H,3-4,8H2,1-2H3,(H,17,18)(H,19,20). The zero-order chi connectivity index (χ0) is 15.4. The van der Waals surface area contributed by atoms with E-state index in [9.17, 15) is 9.59 Å². The van der Waals surface area contributed by atoms with Gasteiger partial charge in [-0.15, -0.1) is 0 Å². The summed E-state index contributed by atoms with van der Waals surface area (Å²) in [5, 5.41) is 12.5. The second kappa shape index (κ2) is 6.43. The summed E-state index contributed by atoms with van der Waals surface area (Å²) in [6.45, 7) is 3.85. The van der Waals surface area contributed by atoms with Gasteiger partial charge in [-0.05, 0) is 25.0 Å². The van der Waals surface area contributed by atoms with Crippen molar-refractivity contribution < 1.29 is 19.1 Å². The van der Waals surface area contributed by atoms with Gasteiger partial charge in [0.05, 0.1) is 12.7 Å². The SMILES string of the molecule is CCCC(NC(=O)Cc1coc2cc(C)ccc12)C(=O)O. The average Bonchev–Trinajstić information content (AvgIpc) is 2.80. The number of aryl methyl sites for hydroxylation is 1. The molecule has 1 unspecified atom stereocenters. The van der Waals surface area contributed by atoms with Gasteiger partial charge in [-0.1, -0.05) is 25.5 Å². The van der Waals surface area contributed by atoms with E-state index < -0.39 is 12.0 Å². The van der Waals surface area contributed by atoms with Crippen LogP contribution in [0.2, 0.25) is 0 Å². The van der Waals surface area contributed by atoms with Crippen LogP contribution < -0.4 is 5.32 Å². The molecule has 1 aromatic carbocycles. The van der Waals surface area contributed by atoms with Crippen LogP contribution in [0.3, 0.4) is 0 Å². The molecular formula is C16H19NO4. The molecule has 2 rings (SSSR count). The van der Waals surface area contributed by atoms with Crippen molar-refractivity contribution in [1.29, 1.82) is 0 Å². The first-order chi connectivity index (χ1) is 10.0. The summed E-state index contributed by atoms with van der Waals surface area (Å²) in [7, 11) is 0. The van der Waals surface area contributed by atoms with E-state index in [1.807, 2.05) is 32.0 Å². The maximum absolute atomic E-state index is 12.0. The summed E-state index contributed by atoms with van der Waals surface area (Å²) in [6.07, 6.45) is 2.79. The number of carbonyl (C=O) groups is 2. The second-order valence-electron chi connectivity index (χ2n) is 5.18. The highest BCUT2D eigenvalue weighted by molar-refractivity contribution is 5.89. The van der Waals surface area contributed by atoms with Crippen LogP contribution in [0.1, 0.15) is 30.9 Å². The van der Waals surface area contributed by atoms with E-state index in [0.717, 1.165) is 22.1 Å². The van der Waals surface area contributed by atoms with Gasteiger partial charge in [-0.2, -0.15) is 0 Å². The number of rotatable bonds is 6. The molecule has 0 aliphatic rings. The van der Waals surface area contributed by atoms with Crippen LogP contribution in [0, 0.1) is 6.92 Å². The molecule has 0 aliphatic carbocycles. The number of nitrogens with one attached hydrogen (secondary N) is 1. The van der Waals surface area contributed by atoms with Crippen molar-refractivity contribution in [3.63, 3.8) is 0 Å². The largest absolute Gasteiger partial charge is 0.480 e. The number of benzene rings is 1. The van der Waals surface area contributed by atoms with Gasteiger partial charge in [-0.3, -0.25) is 4.79 Å². The molecule has 2 N–H and O–H groups in total. The van der Waals surface area contributed by atoms with Gasteiger partial charge in [0.15, 0.2) is 0 Å². The summed E-state index contributed by atoms with van der Waals surface area (Å²) in [5.74, 6) is -1.31. The van der Waals surface area contributed by atoms with Crippen molar-refractivity contribution in [1.82, 2.24) is 5.32 Å². The van der Waals surface area contributed by atoms with Gasteiger partial charge < -0.3 is 14.8 Å². The lowest BCUT2D eigenvalue weighted by molar-refractivity contribution is -0.141. The molecule has 2 aromatic rings. The predicted octanol–water partition coefficient (Wildman–Crippen LogP) is 2.65. The van der Waals surface area contributed by atoms with E-state index in [0.29, 0.717) is 12.8 Å². The monoisotopic (exact) mass is 289 g/mol. The first kappa shape index (κ1) is 15.1. The van der Waals surface area contributed by atoms with Crippen molar-refractivity contribution in [2.45, 2.75) is 39.2 Å². The van der Waals surface area contributed by atoms with Gasteiger partial charge in [0.2, 0.25) is 5.91 Å². The molecule has 1 amide bonds. The fraction of sp³-hybridized carbons (Fsp3) is 0.375. The van der Waals surface area contributed by atoms with E-state index in [4.69, 9.17) is 9.52 Å². The first-order valence-corrected chi connectivity index (χ1v) is 7.00. The van der Waals surface area contributed by atoms with Crippen LogP contribution >= 0.6 is 0 Å². The maximum Gasteiger partial charge on any atom is 0.326 e. The fourth-order valence-electron chi connectivity index (χ4n) is 2.29. The molecule has 112 valence electrons. The summed E-state index contributed by atoms with van der Waals surface area (Å²) >= 11 is 0. The lowest BCUT2D eigenvalue weighted by Gasteiger charge is -2.13. The Morgan fingerprint density at radius 3 is 2.81 bits per heavy atom. The highest BCUT2D eigenvalue weighted by Gasteiger charge is 2.19. The lowest BCUT2D eigenvalue weighted by Crippen LogP contribution is -2.41. The van der Waals surface area contributed by atoms with Crippen molar-refractivity contribution in [3.05, 3.63) is 35.6 Å². The molecule has 0 aliphatic heterocycles. The quantitative estimate of drug-likeness (QED) is 0.856. The maximum atomic E-state index is 12.0. The van der Waals surface area contributed by atoms with Gasteiger partial charge in [0, 0.05) is 10.9 Å². The van der Waals surface area contributed by atoms with E-state index in [-0.39, 0.29) is 12.3 Å². The Labute approximate surface area is 122 Å². The summed E-state index contributed by atoms with van der Waals surface area (Å²) in [6, 6.07) is 4.95. The third-order valence-electron chi connectivity index (χ3n) is 3.37. The molecule has 1 heterocycles. The second-order valence-corrected chi connectivity index (χ2v) is 5.18. The summed E-state index contributed by atoms with van der Waals surface area (Å²) in [4.78, 5) is 23.0. The molecule has 0 bridgehead atoms. The Morgan fingerprint density at radius 1 is 1.38 bits per heavy atom. The van der Waals surface area contributed by atoms with E-state index in [1.54, 1.807) is 6.26 Å². The Balaban J connectivity index is 2.09. The van der Waals surface area contributed by atoms with Crippen LogP contribution in [0.5, 0.6) is 0 Å². The molecule has 5 nitrogen and oxygen atoms in total. The molecule has 0 saturated heterocycles. The van der Waals surface area contributed by atoms with E-state index >= 15 is 0 Å². The number of hydrogen-bond acceptors (Lipinski definition) is 3. The third kappa shape index (κ3) is 3.62. The predicted molar refractivity (Wildman–Crippen MR) is 79.1 cm³/mol. The van der Waals surface area contributed by atoms with Gasteiger partial charge >= 0.3 is 5.97 Å². The number of fused-ring (bicyclic) bond motifs is 1. The normalized spacial score (nSPS) is 12.3. The smallest absolute Gasteiger partial charge is 0.326 e. The van der Waals surface area contributed by atoms with Crippen LogP contribution in [-0.4, -0.2) is 23.0 Å². The Kier molecular flexibility index (Phi) is 4.62. The van der Waals surface area contributed by atoms with Crippen molar-refractivity contribution >= 4 is 22.8 Å². The lowest BCUT2D eigenvalue weighted by atomic mass is 10.1. The third-order valence-corrected chi connectivity index (χ3v) is 3.37. The van der Waals surface area contributed by atoms with Crippen LogP contribution in [0.25, 0.3) is 11.0 Å². The van der Waals surface area contributed by atoms with Gasteiger partial charge in [0.25, 0.3) is 0 Å². The number of carboxylic acids is 1. The Morgan fingerprint density at radius 2 is 2.14 bits per heavy atom. The van der Waals surface area contributed by atoms with Crippen LogP contribution in [0.15, 0.2) is 28.9 Å². The molecule has 0 fully saturated rings. The molecule has 0 spiro atoms. The molecule has 0 radical (unpaired) electrons. The molecular weight excluding hydrogens is 270 g/mol. The number of carboxylic acid groups (broad SMARTS) is 1. The highest BCUT2D eigenvalue weighted by atomic mass is 16.4. The topological polar surface area (TPSA) is 79.5 Å². The van der Waals surface area contributed by atoms with Gasteiger partial charge in [-0.25, -0.2) is 4.79 Å². The average molecular weight is 289 g/mol. The minimum absolute atomic E-state index is 0.115. The van der Waals surface area contributed by atoms with Crippen molar-refractivity contribution in [2.75, 3.05) is 0 Å². The number of furan rings is 1. The number of carbonyl (C=O) groups excluding carboxylic acids is 1. The molecule has 1 atom stereocenters. The van der Waals surface area contributed by atoms with Crippen LogP contribution in [0.4, 0.5) is 0 Å². The molecule has 1 aromatic heterocycles. The molecule has 0 saturated carbocycles. The van der Waals surface area contributed by atoms with E-state index in [1.165, 1.54) is 0 Å². The summed E-state index contributed by atoms with van der Waals surface area (Å²) in [5.41, 5.74) is 2.59. The number of aliphatic carboxylic acids is 1. The first-order valence-electron chi connectivity index (χ1n) is 7.00. The molecule has 21 heavy (non-hydrogen) atoms. The minimum atomic E-state index is -1.00.